The van der Waals surface area contributed by atoms with Gasteiger partial charge in [0.1, 0.15) is 40.6 Å². The highest BCUT2D eigenvalue weighted by atomic mass is 19.1. The second kappa shape index (κ2) is 6.40. The topological polar surface area (TPSA) is 73.1 Å². The van der Waals surface area contributed by atoms with Crippen molar-refractivity contribution in [2.45, 2.75) is 0 Å². The van der Waals surface area contributed by atoms with Crippen molar-refractivity contribution in [2.75, 3.05) is 12.4 Å². The number of hydrogen-bond donors (Lipinski definition) is 1. The maximum absolute atomic E-state index is 13.6. The van der Waals surface area contributed by atoms with Gasteiger partial charge in [0.05, 0.1) is 12.8 Å². The number of nitrogens with one attached hydrogen (secondary N) is 1. The van der Waals surface area contributed by atoms with Crippen molar-refractivity contribution in [3.05, 3.63) is 60.4 Å². The van der Waals surface area contributed by atoms with E-state index in [2.05, 4.69) is 20.4 Å². The molecule has 26 heavy (non-hydrogen) atoms. The van der Waals surface area contributed by atoms with Crippen LogP contribution in [-0.4, -0.2) is 22.2 Å². The van der Waals surface area contributed by atoms with Crippen LogP contribution in [0, 0.1) is 11.6 Å². The van der Waals surface area contributed by atoms with Crippen molar-refractivity contribution in [3.8, 4) is 17.0 Å². The number of aromatic nitrogens is 3. The highest BCUT2D eigenvalue weighted by Crippen LogP contribution is 2.35. The van der Waals surface area contributed by atoms with Crippen LogP contribution in [-0.2, 0) is 0 Å². The third kappa shape index (κ3) is 2.81. The van der Waals surface area contributed by atoms with Crippen LogP contribution in [0.15, 0.2) is 53.3 Å². The smallest absolute Gasteiger partial charge is 0.263 e. The van der Waals surface area contributed by atoms with Crippen molar-refractivity contribution in [1.82, 2.24) is 15.1 Å². The minimum absolute atomic E-state index is 0.192. The van der Waals surface area contributed by atoms with Gasteiger partial charge in [-0.1, -0.05) is 17.3 Å². The van der Waals surface area contributed by atoms with E-state index in [-0.39, 0.29) is 17.0 Å². The summed E-state index contributed by atoms with van der Waals surface area (Å²) in [4.78, 5) is 8.23. The number of halogens is 2. The quantitative estimate of drug-likeness (QED) is 0.589. The standard InChI is InChI=1S/C18H12F2N4O2/c1-25-14-5-3-2-4-13(14)23-17-15-16(24-26-18(15)22-9-21-17)10-6-11(19)8-12(20)7-10/h2-9H,1H3,(H,21,22,23). The molecule has 4 rings (SSSR count). The van der Waals surface area contributed by atoms with Gasteiger partial charge in [0.25, 0.3) is 5.71 Å². The van der Waals surface area contributed by atoms with Crippen LogP contribution >= 0.6 is 0 Å². The first-order valence-corrected chi connectivity index (χ1v) is 7.62. The van der Waals surface area contributed by atoms with Gasteiger partial charge in [-0.3, -0.25) is 0 Å². The third-order valence-corrected chi connectivity index (χ3v) is 3.77. The molecular formula is C18H12F2N4O2. The van der Waals surface area contributed by atoms with Crippen molar-refractivity contribution < 1.29 is 18.0 Å². The second-order valence-electron chi connectivity index (χ2n) is 5.42. The van der Waals surface area contributed by atoms with Crippen molar-refractivity contribution in [1.29, 1.82) is 0 Å². The van der Waals surface area contributed by atoms with Crippen molar-refractivity contribution in [3.63, 3.8) is 0 Å². The Kier molecular flexibility index (Phi) is 3.92. The molecule has 0 saturated heterocycles. The monoisotopic (exact) mass is 354 g/mol. The Morgan fingerprint density at radius 3 is 2.58 bits per heavy atom. The lowest BCUT2D eigenvalue weighted by Gasteiger charge is -2.10. The summed E-state index contributed by atoms with van der Waals surface area (Å²) < 4.78 is 37.7. The van der Waals surface area contributed by atoms with Gasteiger partial charge in [-0.2, -0.15) is 4.98 Å². The molecule has 8 heteroatoms. The third-order valence-electron chi connectivity index (χ3n) is 3.77. The van der Waals surface area contributed by atoms with Crippen LogP contribution in [0.1, 0.15) is 0 Å². The Labute approximate surface area is 146 Å². The molecule has 0 radical (unpaired) electrons. The number of anilines is 2. The molecule has 2 aromatic carbocycles. The predicted octanol–water partition coefficient (Wildman–Crippen LogP) is 4.32. The summed E-state index contributed by atoms with van der Waals surface area (Å²) in [6.07, 6.45) is 1.31. The fourth-order valence-corrected chi connectivity index (χ4v) is 2.64. The van der Waals surface area contributed by atoms with Gasteiger partial charge in [-0.15, -0.1) is 0 Å². The average Bonchev–Trinajstić information content (AvgIpc) is 3.06. The number of methoxy groups -OCH3 is 1. The fraction of sp³-hybridized carbons (Fsp3) is 0.0556. The van der Waals surface area contributed by atoms with E-state index in [1.54, 1.807) is 13.2 Å². The Hall–Kier alpha value is -3.55. The lowest BCUT2D eigenvalue weighted by atomic mass is 10.1. The molecule has 0 atom stereocenters. The summed E-state index contributed by atoms with van der Waals surface area (Å²) in [7, 11) is 1.55. The summed E-state index contributed by atoms with van der Waals surface area (Å²) in [6, 6.07) is 10.4. The van der Waals surface area contributed by atoms with Crippen LogP contribution < -0.4 is 10.1 Å². The largest absolute Gasteiger partial charge is 0.495 e. The van der Waals surface area contributed by atoms with Gasteiger partial charge in [0.15, 0.2) is 0 Å². The van der Waals surface area contributed by atoms with Crippen molar-refractivity contribution >= 4 is 22.6 Å². The van der Waals surface area contributed by atoms with Crippen LogP contribution in [0.4, 0.5) is 20.3 Å². The van der Waals surface area contributed by atoms with Gasteiger partial charge in [0, 0.05) is 11.6 Å². The molecule has 0 spiro atoms. The van der Waals surface area contributed by atoms with E-state index in [0.717, 1.165) is 6.07 Å². The molecule has 0 aliphatic rings. The molecule has 0 aliphatic heterocycles. The maximum Gasteiger partial charge on any atom is 0.263 e. The summed E-state index contributed by atoms with van der Waals surface area (Å²) in [5.41, 5.74) is 1.31. The molecule has 4 aromatic rings. The number of rotatable bonds is 4. The molecule has 0 unspecified atom stereocenters. The van der Waals surface area contributed by atoms with Crippen LogP contribution in [0.25, 0.3) is 22.4 Å². The van der Waals surface area contributed by atoms with Gasteiger partial charge in [-0.05, 0) is 24.3 Å². The normalized spacial score (nSPS) is 10.9. The fourth-order valence-electron chi connectivity index (χ4n) is 2.64. The number of hydrogen-bond acceptors (Lipinski definition) is 6. The lowest BCUT2D eigenvalue weighted by molar-refractivity contribution is 0.417. The first-order chi connectivity index (χ1) is 12.7. The molecule has 0 saturated carbocycles. The Balaban J connectivity index is 1.87. The molecule has 130 valence electrons. The molecule has 0 bridgehead atoms. The summed E-state index contributed by atoms with van der Waals surface area (Å²) in [5.74, 6) is -0.450. The highest BCUT2D eigenvalue weighted by molar-refractivity contribution is 5.98. The Morgan fingerprint density at radius 2 is 1.81 bits per heavy atom. The van der Waals surface area contributed by atoms with E-state index >= 15 is 0 Å². The first-order valence-electron chi connectivity index (χ1n) is 7.62. The zero-order valence-electron chi connectivity index (χ0n) is 13.5. The number of ether oxygens (including phenoxy) is 1. The van der Waals surface area contributed by atoms with E-state index in [9.17, 15) is 8.78 Å². The number of fused-ring (bicyclic) bond motifs is 1. The molecule has 2 aromatic heterocycles. The van der Waals surface area contributed by atoms with E-state index in [0.29, 0.717) is 22.6 Å². The van der Waals surface area contributed by atoms with E-state index < -0.39 is 11.6 Å². The summed E-state index contributed by atoms with van der Waals surface area (Å²) >= 11 is 0. The van der Waals surface area contributed by atoms with Crippen LogP contribution in [0.3, 0.4) is 0 Å². The molecular weight excluding hydrogens is 342 g/mol. The predicted molar refractivity (Wildman–Crippen MR) is 91.2 cm³/mol. The highest BCUT2D eigenvalue weighted by Gasteiger charge is 2.19. The molecule has 0 fully saturated rings. The number of nitrogens with zero attached hydrogens (tertiary/aromatic N) is 3. The molecule has 6 nitrogen and oxygen atoms in total. The zero-order valence-corrected chi connectivity index (χ0v) is 13.5. The molecule has 0 amide bonds. The number of para-hydroxylation sites is 2. The van der Waals surface area contributed by atoms with Gasteiger partial charge in [0.2, 0.25) is 0 Å². The van der Waals surface area contributed by atoms with Gasteiger partial charge in [-0.25, -0.2) is 13.8 Å². The van der Waals surface area contributed by atoms with Crippen LogP contribution in [0.5, 0.6) is 5.75 Å². The second-order valence-corrected chi connectivity index (χ2v) is 5.42. The Bertz CT molecular complexity index is 1080. The van der Waals surface area contributed by atoms with Crippen molar-refractivity contribution in [2.24, 2.45) is 0 Å². The first kappa shape index (κ1) is 15.9. The number of benzene rings is 2. The zero-order chi connectivity index (χ0) is 18.1. The minimum Gasteiger partial charge on any atom is -0.495 e. The lowest BCUT2D eigenvalue weighted by Crippen LogP contribution is -1.98. The average molecular weight is 354 g/mol. The summed E-state index contributed by atoms with van der Waals surface area (Å²) in [6.45, 7) is 0. The Morgan fingerprint density at radius 1 is 1.04 bits per heavy atom. The molecule has 2 heterocycles. The van der Waals surface area contributed by atoms with E-state index in [4.69, 9.17) is 9.26 Å². The van der Waals surface area contributed by atoms with E-state index in [1.165, 1.54) is 18.5 Å². The van der Waals surface area contributed by atoms with Gasteiger partial charge < -0.3 is 14.6 Å². The molecule has 0 aliphatic carbocycles. The van der Waals surface area contributed by atoms with Gasteiger partial charge >= 0.3 is 0 Å². The molecule has 1 N–H and O–H groups in total. The van der Waals surface area contributed by atoms with E-state index in [1.807, 2.05) is 18.2 Å². The summed E-state index contributed by atoms with van der Waals surface area (Å²) in [5, 5.41) is 7.44. The van der Waals surface area contributed by atoms with Crippen LogP contribution in [0.2, 0.25) is 0 Å². The maximum atomic E-state index is 13.6. The minimum atomic E-state index is -0.716. The SMILES string of the molecule is COc1ccccc1Nc1ncnc2onc(-c3cc(F)cc(F)c3)c12.